The molecule has 0 heterocycles. The van der Waals surface area contributed by atoms with Crippen LogP contribution < -0.4 is 0 Å². The summed E-state index contributed by atoms with van der Waals surface area (Å²) in [6.45, 7) is 0. The fourth-order valence-corrected chi connectivity index (χ4v) is 4.63. The summed E-state index contributed by atoms with van der Waals surface area (Å²) in [6, 6.07) is 13.3. The van der Waals surface area contributed by atoms with Crippen LogP contribution in [0.5, 0.6) is 0 Å². The van der Waals surface area contributed by atoms with Gasteiger partial charge < -0.3 is 0 Å². The van der Waals surface area contributed by atoms with Gasteiger partial charge in [0.05, 0.1) is 9.79 Å². The van der Waals surface area contributed by atoms with Gasteiger partial charge in [-0.3, -0.25) is 0 Å². The van der Waals surface area contributed by atoms with E-state index in [1.807, 2.05) is 0 Å². The Morgan fingerprint density at radius 2 is 0.826 bits per heavy atom. The molecule has 0 atom stereocenters. The summed E-state index contributed by atoms with van der Waals surface area (Å²) < 4.78 is 24.2. The van der Waals surface area contributed by atoms with Gasteiger partial charge in [-0.2, -0.15) is 0 Å². The minimum atomic E-state index is -3.56. The maximum absolute atomic E-state index is 12.7. The molecule has 0 N–H and O–H groups in total. The van der Waals surface area contributed by atoms with Gasteiger partial charge in [-0.15, -0.1) is 0 Å². The van der Waals surface area contributed by atoms with Gasteiger partial charge >= 0.3 is 0 Å². The molecule has 0 saturated carbocycles. The van der Waals surface area contributed by atoms with Crippen LogP contribution in [-0.4, -0.2) is 8.42 Å². The molecule has 0 aliphatic rings. The van der Waals surface area contributed by atoms with Gasteiger partial charge in [-0.05, 0) is 35.4 Å². The monoisotopic (exact) mass is 714 g/mol. The van der Waals surface area contributed by atoms with E-state index in [0.29, 0.717) is 0 Å². The second kappa shape index (κ2) is 7.48. The van der Waals surface area contributed by atoms with Crippen LogP contribution in [0.2, 0.25) is 0 Å². The third-order valence-electron chi connectivity index (χ3n) is 2.98. The number of hydrogen-bond donors (Lipinski definition) is 0. The van der Waals surface area contributed by atoms with Crippen molar-refractivity contribution in [1.82, 2.24) is 0 Å². The average Bonchev–Trinajstić information content (AvgIpc) is 2.46. The van der Waals surface area contributed by atoms with Crippen molar-refractivity contribution in [3.8, 4) is 0 Å². The summed E-state index contributed by atoms with van der Waals surface area (Å²) in [5, 5.41) is 0. The third kappa shape index (κ3) is 5.14. The fourth-order valence-electron chi connectivity index (χ4n) is 1.78. The van der Waals surface area contributed by atoms with E-state index < -0.39 is 14.1 Å². The molecule has 0 amide bonds. The highest BCUT2D eigenvalue weighted by atomic mass is 80.0. The molecule has 0 aromatic heterocycles. The lowest BCUT2D eigenvalue weighted by Gasteiger charge is -2.14. The van der Waals surface area contributed by atoms with E-state index >= 15 is 0 Å². The highest BCUT2D eigenvalue weighted by molar-refractivity contribution is 9.39. The van der Waals surface area contributed by atoms with E-state index in [1.54, 1.807) is 48.5 Å². The largest absolute Gasteiger partial charge is 0.219 e. The summed E-state index contributed by atoms with van der Waals surface area (Å²) in [6.07, 6.45) is 0. The molecule has 0 saturated heterocycles. The Bertz CT molecular complexity index is 724. The van der Waals surface area contributed by atoms with Gasteiger partial charge in [0.15, 0.2) is 4.29 Å². The second-order valence-electron chi connectivity index (χ2n) is 4.55. The van der Waals surface area contributed by atoms with Crippen LogP contribution in [0.4, 0.5) is 0 Å². The van der Waals surface area contributed by atoms with Crippen molar-refractivity contribution < 1.29 is 8.42 Å². The van der Waals surface area contributed by atoms with Crippen LogP contribution in [-0.2, 0) is 14.1 Å². The van der Waals surface area contributed by atoms with Crippen molar-refractivity contribution in [1.29, 1.82) is 0 Å². The van der Waals surface area contributed by atoms with Crippen LogP contribution >= 0.6 is 95.6 Å². The predicted octanol–water partition coefficient (Wildman–Crippen LogP) is 7.11. The summed E-state index contributed by atoms with van der Waals surface area (Å²) in [7, 11) is -3.56. The third-order valence-corrected chi connectivity index (χ3v) is 7.52. The van der Waals surface area contributed by atoms with Crippen molar-refractivity contribution >= 4 is 105 Å². The van der Waals surface area contributed by atoms with E-state index in [-0.39, 0.29) is 9.79 Å². The molecule has 23 heavy (non-hydrogen) atoms. The molecule has 124 valence electrons. The number of rotatable bonds is 2. The maximum atomic E-state index is 12.7. The first-order chi connectivity index (χ1) is 10.4. The first-order valence-corrected chi connectivity index (χ1v) is 12.3. The van der Waals surface area contributed by atoms with Crippen molar-refractivity contribution in [2.75, 3.05) is 0 Å². The molecule has 0 aliphatic heterocycles. The highest BCUT2D eigenvalue weighted by Crippen LogP contribution is 2.45. The van der Waals surface area contributed by atoms with Gasteiger partial charge in [0, 0.05) is 0 Å². The van der Waals surface area contributed by atoms with Gasteiger partial charge in [0.1, 0.15) is 0 Å². The zero-order chi connectivity index (χ0) is 17.5. The first-order valence-electron chi connectivity index (χ1n) is 6.02. The van der Waals surface area contributed by atoms with E-state index in [9.17, 15) is 8.42 Å². The summed E-state index contributed by atoms with van der Waals surface area (Å²) in [4.78, 5) is 0.488. The Morgan fingerprint density at radius 1 is 0.565 bits per heavy atom. The molecule has 0 fully saturated rings. The molecule has 2 aromatic carbocycles. The van der Waals surface area contributed by atoms with Crippen molar-refractivity contribution in [2.24, 2.45) is 0 Å². The predicted molar refractivity (Wildman–Crippen MR) is 115 cm³/mol. The first kappa shape index (κ1) is 20.6. The standard InChI is InChI=1S/C14H8Br6O2S/c15-13(16,17)9-1-5-11(6-2-9)23(21,22)12-7-3-10(4-8-12)14(18,19)20/h1-8H. The normalized spacial score (nSPS) is 13.1. The molecule has 9 heteroatoms. The lowest BCUT2D eigenvalue weighted by Crippen LogP contribution is -2.05. The molecule has 0 spiro atoms. The summed E-state index contributed by atoms with van der Waals surface area (Å²) in [5.41, 5.74) is 1.71. The number of alkyl halides is 6. The Labute approximate surface area is 185 Å². The van der Waals surface area contributed by atoms with Gasteiger partial charge in [0.2, 0.25) is 9.84 Å². The molecule has 0 bridgehead atoms. The zero-order valence-corrected chi connectivity index (χ0v) is 21.4. The van der Waals surface area contributed by atoms with E-state index in [0.717, 1.165) is 11.1 Å². The molecule has 0 aliphatic carbocycles. The Kier molecular flexibility index (Phi) is 6.70. The van der Waals surface area contributed by atoms with E-state index in [4.69, 9.17) is 0 Å². The quantitative estimate of drug-likeness (QED) is 0.311. The van der Waals surface area contributed by atoms with Gasteiger partial charge in [-0.1, -0.05) is 120 Å². The van der Waals surface area contributed by atoms with Gasteiger partial charge in [0.25, 0.3) is 0 Å². The number of hydrogen-bond acceptors (Lipinski definition) is 2. The van der Waals surface area contributed by atoms with Crippen LogP contribution in [0, 0.1) is 0 Å². The molecule has 0 unspecified atom stereocenters. The average molecular weight is 720 g/mol. The topological polar surface area (TPSA) is 34.1 Å². The fraction of sp³-hybridized carbons (Fsp3) is 0.143. The van der Waals surface area contributed by atoms with Crippen molar-refractivity contribution in [2.45, 2.75) is 14.1 Å². The lowest BCUT2D eigenvalue weighted by atomic mass is 10.2. The van der Waals surface area contributed by atoms with Crippen LogP contribution in [0.25, 0.3) is 0 Å². The van der Waals surface area contributed by atoms with Crippen LogP contribution in [0.3, 0.4) is 0 Å². The van der Waals surface area contributed by atoms with Crippen molar-refractivity contribution in [3.63, 3.8) is 0 Å². The van der Waals surface area contributed by atoms with Crippen LogP contribution in [0.1, 0.15) is 11.1 Å². The molecular weight excluding hydrogens is 712 g/mol. The molecule has 2 nitrogen and oxygen atoms in total. The molecule has 2 aromatic rings. The zero-order valence-electron chi connectivity index (χ0n) is 11.1. The van der Waals surface area contributed by atoms with Crippen LogP contribution in [0.15, 0.2) is 58.3 Å². The Hall–Kier alpha value is 1.27. The number of sulfone groups is 1. The molecule has 2 rings (SSSR count). The van der Waals surface area contributed by atoms with Crippen molar-refractivity contribution in [3.05, 3.63) is 59.7 Å². The van der Waals surface area contributed by atoms with E-state index in [1.165, 1.54) is 0 Å². The summed E-state index contributed by atoms with van der Waals surface area (Å²) >= 11 is 20.4. The molecular formula is C14H8Br6O2S. The lowest BCUT2D eigenvalue weighted by molar-refractivity contribution is 0.596. The summed E-state index contributed by atoms with van der Waals surface area (Å²) in [5.74, 6) is 0. The number of benzene rings is 2. The second-order valence-corrected chi connectivity index (χ2v) is 20.0. The van der Waals surface area contributed by atoms with Gasteiger partial charge in [-0.25, -0.2) is 8.42 Å². The minimum Gasteiger partial charge on any atom is -0.219 e. The number of halogens is 6. The van der Waals surface area contributed by atoms with E-state index in [2.05, 4.69) is 95.6 Å². The Morgan fingerprint density at radius 3 is 1.04 bits per heavy atom. The SMILES string of the molecule is O=S(=O)(c1ccc(C(Br)(Br)Br)cc1)c1ccc(C(Br)(Br)Br)cc1. The highest BCUT2D eigenvalue weighted by Gasteiger charge is 2.24. The molecule has 0 radical (unpaired) electrons. The smallest absolute Gasteiger partial charge is 0.206 e. The Balaban J connectivity index is 2.39. The maximum Gasteiger partial charge on any atom is 0.206 e. The minimum absolute atomic E-state index is 0.244.